The van der Waals surface area contributed by atoms with Crippen LogP contribution in [-0.4, -0.2) is 179 Å². The van der Waals surface area contributed by atoms with Gasteiger partial charge in [-0.15, -0.1) is 98.6 Å². The number of nitrogens with zero attached hydrogens (tertiary/aromatic N) is 13. The number of carbonyl (C=O) groups is 6. The molecule has 30 heteroatoms. The Bertz CT molecular complexity index is 3830. The van der Waals surface area contributed by atoms with E-state index in [1.165, 1.54) is 68.0 Å². The summed E-state index contributed by atoms with van der Waals surface area (Å²) in [6.07, 6.45) is 6.76. The molecule has 3 aliphatic rings. The molecule has 4 amide bonds. The van der Waals surface area contributed by atoms with E-state index in [1.807, 2.05) is 30.3 Å². The van der Waals surface area contributed by atoms with E-state index >= 15 is 0 Å². The van der Waals surface area contributed by atoms with Gasteiger partial charge in [0.2, 0.25) is 0 Å². The number of hydrogen-bond acceptors (Lipinski definition) is 22. The Kier molecular flexibility index (Phi) is 19.7. The van der Waals surface area contributed by atoms with Gasteiger partial charge in [-0.2, -0.15) is 15.6 Å². The number of carboxylic acid groups (broad SMARTS) is 1. The fourth-order valence-corrected chi connectivity index (χ4v) is 21.2. The zero-order valence-electron chi connectivity index (χ0n) is 53.7. The molecule has 3 aliphatic carbocycles. The summed E-state index contributed by atoms with van der Waals surface area (Å²) >= 11 is 8.72. The van der Waals surface area contributed by atoms with Gasteiger partial charge in [0.15, 0.2) is 22.5 Å². The number of H-pyrrole nitrogens is 3. The molecule has 0 aromatic carbocycles. The third-order valence-corrected chi connectivity index (χ3v) is 24.2. The first-order chi connectivity index (χ1) is 43.7. The molecule has 0 spiro atoms. The molecule has 0 bridgehead atoms. The van der Waals surface area contributed by atoms with E-state index in [0.29, 0.717) is 84.5 Å². The van der Waals surface area contributed by atoms with Crippen molar-refractivity contribution < 1.29 is 38.6 Å². The zero-order valence-corrected chi connectivity index (χ0v) is 58.6. The number of rotatable bonds is 16. The maximum atomic E-state index is 12.8. The van der Waals surface area contributed by atoms with Gasteiger partial charge in [-0.3, -0.25) is 24.0 Å². The molecule has 24 nitrogen and oxygen atoms in total. The lowest BCUT2D eigenvalue weighted by atomic mass is 9.75. The van der Waals surface area contributed by atoms with Crippen LogP contribution in [0.2, 0.25) is 0 Å². The minimum atomic E-state index is -0.944. The summed E-state index contributed by atoms with van der Waals surface area (Å²) < 4.78 is 5.13. The van der Waals surface area contributed by atoms with Gasteiger partial charge in [0.05, 0.1) is 19.5 Å². The van der Waals surface area contributed by atoms with Gasteiger partial charge in [0.25, 0.3) is 30.1 Å². The Hall–Kier alpha value is -7.77. The molecular formula is C62H74N16O8S6. The summed E-state index contributed by atoms with van der Waals surface area (Å²) in [4.78, 5) is 89.6. The lowest BCUT2D eigenvalue weighted by molar-refractivity contribution is -0.120. The highest BCUT2D eigenvalue weighted by Crippen LogP contribution is 2.56. The SMILES string of the molecule is CC(C)CC1(c2nn[nH]n2)c2sc(C(=O)N(C)C)cc2CCc2cc(C(=O)N(C)C)sc21.CC(C)CC1(c2nn[nH]n2)c2sc(C(=O)N(C)C)cc2CCc2cc(C(=O)N(C)C)sc21.CC(C)CC1(c2nn[nH]n2)c2sc(OC=O)cc2CCc2cc(C(=O)O)sc21. The molecule has 1 unspecified atom stereocenters. The third kappa shape index (κ3) is 12.5. The molecule has 4 N–H and O–H groups in total. The van der Waals surface area contributed by atoms with E-state index in [-0.39, 0.29) is 29.5 Å². The summed E-state index contributed by atoms with van der Waals surface area (Å²) in [5.74, 6) is 1.60. The van der Waals surface area contributed by atoms with Gasteiger partial charge in [-0.25, -0.2) is 4.79 Å². The van der Waals surface area contributed by atoms with Crippen LogP contribution in [0.4, 0.5) is 0 Å². The minimum absolute atomic E-state index is 0.00971. The second-order valence-electron chi connectivity index (χ2n) is 25.3. The minimum Gasteiger partial charge on any atom is -0.477 e. The van der Waals surface area contributed by atoms with Crippen LogP contribution < -0.4 is 4.74 Å². The van der Waals surface area contributed by atoms with Crippen LogP contribution in [0.5, 0.6) is 5.06 Å². The summed E-state index contributed by atoms with van der Waals surface area (Å²) in [5.41, 5.74) is 4.59. The number of tetrazole rings is 3. The molecule has 9 aromatic heterocycles. The van der Waals surface area contributed by atoms with E-state index in [4.69, 9.17) is 4.74 Å². The summed E-state index contributed by atoms with van der Waals surface area (Å²) in [6, 6.07) is 11.8. The maximum absolute atomic E-state index is 12.8. The van der Waals surface area contributed by atoms with Crippen molar-refractivity contribution in [3.63, 3.8) is 0 Å². The molecule has 9 heterocycles. The Balaban J connectivity index is 0.000000152. The smallest absolute Gasteiger partial charge is 0.345 e. The quantitative estimate of drug-likeness (QED) is 0.0654. The zero-order chi connectivity index (χ0) is 66.3. The van der Waals surface area contributed by atoms with Crippen molar-refractivity contribution in [3.05, 3.63) is 141 Å². The number of ether oxygens (including phenoxy) is 1. The summed E-state index contributed by atoms with van der Waals surface area (Å²) in [5, 5.41) is 55.9. The average Bonchev–Trinajstić information content (AvgIpc) is 1.56. The molecule has 12 rings (SSSR count). The van der Waals surface area contributed by atoms with Gasteiger partial charge < -0.3 is 29.4 Å². The van der Waals surface area contributed by atoms with Gasteiger partial charge >= 0.3 is 5.97 Å². The van der Waals surface area contributed by atoms with Crippen LogP contribution in [0.25, 0.3) is 0 Å². The number of carboxylic acids is 1. The fourth-order valence-electron chi connectivity index (χ4n) is 12.8. The fraction of sp³-hybridized carbons (Fsp3) is 0.468. The van der Waals surface area contributed by atoms with Gasteiger partial charge in [0, 0.05) is 85.6 Å². The first-order valence-corrected chi connectivity index (χ1v) is 34.9. The summed E-state index contributed by atoms with van der Waals surface area (Å²) in [6.45, 7) is 13.3. The van der Waals surface area contributed by atoms with Crippen LogP contribution in [0, 0.1) is 17.8 Å². The highest BCUT2D eigenvalue weighted by Gasteiger charge is 2.51. The van der Waals surface area contributed by atoms with Gasteiger partial charge in [-0.05, 0) is 145 Å². The number of nitrogens with one attached hydrogen (secondary N) is 3. The van der Waals surface area contributed by atoms with Crippen LogP contribution in [0.1, 0.15) is 189 Å². The molecule has 486 valence electrons. The van der Waals surface area contributed by atoms with Crippen molar-refractivity contribution in [2.75, 3.05) is 56.4 Å². The van der Waals surface area contributed by atoms with Crippen molar-refractivity contribution in [1.29, 1.82) is 0 Å². The Morgan fingerprint density at radius 2 is 0.696 bits per heavy atom. The normalized spacial score (nSPS) is 15.8. The van der Waals surface area contributed by atoms with E-state index in [0.717, 1.165) is 101 Å². The molecule has 92 heavy (non-hydrogen) atoms. The van der Waals surface area contributed by atoms with Gasteiger partial charge in [0.1, 0.15) is 21.1 Å². The number of aromatic carboxylic acids is 1. The largest absolute Gasteiger partial charge is 0.477 e. The van der Waals surface area contributed by atoms with E-state index in [2.05, 4.69) is 103 Å². The first kappa shape index (κ1) is 67.1. The number of aryl methyl sites for hydroxylation is 6. The van der Waals surface area contributed by atoms with Crippen molar-refractivity contribution in [2.45, 2.75) is 116 Å². The second-order valence-corrected chi connectivity index (χ2v) is 31.6. The van der Waals surface area contributed by atoms with Crippen LogP contribution in [-0.2, 0) is 59.6 Å². The highest BCUT2D eigenvalue weighted by atomic mass is 32.1. The predicted octanol–water partition coefficient (Wildman–Crippen LogP) is 9.45. The maximum Gasteiger partial charge on any atom is 0.345 e. The number of hydrogen-bond donors (Lipinski definition) is 4. The van der Waals surface area contributed by atoms with Crippen molar-refractivity contribution >= 4 is 104 Å². The molecule has 0 aliphatic heterocycles. The number of carbonyl (C=O) groups excluding carboxylic acids is 5. The molecule has 0 saturated heterocycles. The molecule has 9 aromatic rings. The van der Waals surface area contributed by atoms with Gasteiger partial charge in [-0.1, -0.05) is 57.2 Å². The Labute approximate surface area is 556 Å². The molecular weight excluding hydrogens is 1290 g/mol. The van der Waals surface area contributed by atoms with Crippen molar-refractivity contribution in [2.24, 2.45) is 17.8 Å². The van der Waals surface area contributed by atoms with Crippen molar-refractivity contribution in [3.8, 4) is 5.06 Å². The predicted molar refractivity (Wildman–Crippen MR) is 354 cm³/mol. The average molecular weight is 1360 g/mol. The first-order valence-electron chi connectivity index (χ1n) is 30.0. The molecule has 0 fully saturated rings. The Morgan fingerprint density at radius 3 is 0.924 bits per heavy atom. The third-order valence-electron chi connectivity index (χ3n) is 16.3. The van der Waals surface area contributed by atoms with E-state index in [9.17, 15) is 33.9 Å². The molecule has 0 saturated carbocycles. The van der Waals surface area contributed by atoms with Crippen molar-refractivity contribution in [1.82, 2.24) is 81.5 Å². The van der Waals surface area contributed by atoms with E-state index in [1.54, 1.807) is 82.0 Å². The second kappa shape index (κ2) is 27.1. The van der Waals surface area contributed by atoms with Crippen LogP contribution in [0.15, 0.2) is 36.4 Å². The number of thiophene rings is 6. The summed E-state index contributed by atoms with van der Waals surface area (Å²) in [7, 11) is 14.1. The Morgan fingerprint density at radius 1 is 0.446 bits per heavy atom. The number of aromatic amines is 3. The van der Waals surface area contributed by atoms with Crippen LogP contribution >= 0.6 is 68.0 Å². The topological polar surface area (TPSA) is 308 Å². The van der Waals surface area contributed by atoms with Crippen LogP contribution in [0.3, 0.4) is 0 Å². The number of aromatic nitrogens is 12. The number of fused-ring (bicyclic) bond motifs is 6. The lowest BCUT2D eigenvalue weighted by Gasteiger charge is -2.32. The standard InChI is InChI=1S/2C22H28N6O2S2.C18H18N4O4S2/c2*1-12(2)11-22(21-23-25-26-24-21)17-13(9-15(31-17)19(29)27(3)4)7-8-14-10-16(32-18(14)22)20(30)28(5)6;1-9(2)7-18(17-19-21-22-20-17)14-10(5-12(27-14)16(24)25)3-4-11-6-13(26-8-23)28-15(11)18/h2*9-10,12H,7-8,11H2,1-6H3,(H,23,24,25,26);5-6,8-9H,3-4,7H2,1-2H3,(H,24,25)(H,19,20,21,22). The number of amides is 4. The van der Waals surface area contributed by atoms with E-state index < -0.39 is 22.2 Å². The lowest BCUT2D eigenvalue weighted by Crippen LogP contribution is -2.32. The molecule has 1 atom stereocenters. The monoisotopic (exact) mass is 1360 g/mol. The highest BCUT2D eigenvalue weighted by molar-refractivity contribution is 7.17. The molecule has 0 radical (unpaired) electrons.